The quantitative estimate of drug-likeness (QED) is 0.748. The van der Waals surface area contributed by atoms with Gasteiger partial charge in [-0.2, -0.15) is 5.10 Å². The molecule has 0 aromatic heterocycles. The van der Waals surface area contributed by atoms with Gasteiger partial charge in [0.15, 0.2) is 11.6 Å². The van der Waals surface area contributed by atoms with E-state index in [1.54, 1.807) is 31.4 Å². The van der Waals surface area contributed by atoms with Crippen molar-refractivity contribution in [2.75, 3.05) is 7.11 Å². The van der Waals surface area contributed by atoms with Gasteiger partial charge in [0, 0.05) is 12.5 Å². The summed E-state index contributed by atoms with van der Waals surface area (Å²) in [6, 6.07) is 5.95. The molecule has 0 saturated heterocycles. The van der Waals surface area contributed by atoms with E-state index in [-0.39, 0.29) is 17.3 Å². The van der Waals surface area contributed by atoms with Crippen molar-refractivity contribution < 1.29 is 14.3 Å². The lowest BCUT2D eigenvalue weighted by atomic mass is 9.99. The maximum atomic E-state index is 12.2. The summed E-state index contributed by atoms with van der Waals surface area (Å²) < 4.78 is 5.02. The number of Topliss-reactive ketones (excluding diaryl/α,β-unsaturated/α-hetero) is 2. The molecule has 1 unspecified atom stereocenters. The highest BCUT2D eigenvalue weighted by Crippen LogP contribution is 2.14. The summed E-state index contributed by atoms with van der Waals surface area (Å²) in [5.74, 6) is 0.223. The summed E-state index contributed by atoms with van der Waals surface area (Å²) in [6.45, 7) is 1.38. The molecule has 1 heterocycles. The van der Waals surface area contributed by atoms with E-state index in [0.717, 1.165) is 0 Å². The molecule has 1 aromatic rings. The van der Waals surface area contributed by atoms with E-state index < -0.39 is 6.04 Å². The lowest BCUT2D eigenvalue weighted by Gasteiger charge is -2.10. The number of benzene rings is 1. The number of carbonyl (C=O) groups excluding carboxylic acids is 2. The number of carbonyl (C=O) groups is 2. The average Bonchev–Trinajstić information content (AvgIpc) is 2.87. The normalized spacial score (nSPS) is 17.9. The lowest BCUT2D eigenvalue weighted by molar-refractivity contribution is -0.111. The first-order valence-corrected chi connectivity index (χ1v) is 5.41. The zero-order chi connectivity index (χ0) is 13.1. The fourth-order valence-corrected chi connectivity index (χ4v) is 1.68. The van der Waals surface area contributed by atoms with E-state index in [1.165, 1.54) is 6.92 Å². The van der Waals surface area contributed by atoms with Crippen molar-refractivity contribution >= 4 is 17.3 Å². The number of hydrazone groups is 1. The molecule has 0 fully saturated rings. The number of hydrogen-bond donors (Lipinski definition) is 2. The SMILES string of the molecule is COc1ccc(C(=O)C2NNN=C2C(C)=O)cc1. The van der Waals surface area contributed by atoms with Crippen LogP contribution in [0.4, 0.5) is 0 Å². The van der Waals surface area contributed by atoms with E-state index >= 15 is 0 Å². The third kappa shape index (κ3) is 2.23. The molecule has 2 rings (SSSR count). The predicted molar refractivity (Wildman–Crippen MR) is 65.5 cm³/mol. The Hall–Kier alpha value is -2.21. The Labute approximate surface area is 104 Å². The summed E-state index contributed by atoms with van der Waals surface area (Å²) in [7, 11) is 1.56. The van der Waals surface area contributed by atoms with Gasteiger partial charge in [-0.3, -0.25) is 9.59 Å². The minimum Gasteiger partial charge on any atom is -0.497 e. The number of ether oxygens (including phenoxy) is 1. The Balaban J connectivity index is 2.21. The lowest BCUT2D eigenvalue weighted by Crippen LogP contribution is -2.43. The van der Waals surface area contributed by atoms with Crippen LogP contribution in [0.2, 0.25) is 0 Å². The fourth-order valence-electron chi connectivity index (χ4n) is 1.68. The number of rotatable bonds is 4. The number of nitrogens with one attached hydrogen (secondary N) is 2. The van der Waals surface area contributed by atoms with Crippen molar-refractivity contribution in [1.29, 1.82) is 0 Å². The van der Waals surface area contributed by atoms with Crippen molar-refractivity contribution in [2.45, 2.75) is 13.0 Å². The standard InChI is InChI=1S/C12H13N3O3/c1-7(16)10-11(14-15-13-10)12(17)8-3-5-9(18-2)6-4-8/h3-6,11,14-15H,1-2H3. The van der Waals surface area contributed by atoms with Gasteiger partial charge in [0.05, 0.1) is 7.11 Å². The van der Waals surface area contributed by atoms with Gasteiger partial charge in [-0.05, 0) is 24.3 Å². The second-order valence-electron chi connectivity index (χ2n) is 3.84. The number of methoxy groups -OCH3 is 1. The molecule has 0 radical (unpaired) electrons. The Bertz CT molecular complexity index is 508. The van der Waals surface area contributed by atoms with Crippen molar-refractivity contribution in [2.24, 2.45) is 5.10 Å². The van der Waals surface area contributed by atoms with E-state index in [2.05, 4.69) is 16.1 Å². The van der Waals surface area contributed by atoms with E-state index in [1.807, 2.05) is 0 Å². The van der Waals surface area contributed by atoms with Crippen molar-refractivity contribution in [3.63, 3.8) is 0 Å². The first-order valence-electron chi connectivity index (χ1n) is 5.41. The summed E-state index contributed by atoms with van der Waals surface area (Å²) in [5, 5.41) is 3.76. The first kappa shape index (κ1) is 12.3. The molecule has 1 aliphatic rings. The molecule has 1 aromatic carbocycles. The predicted octanol–water partition coefficient (Wildman–Crippen LogP) is 0.299. The van der Waals surface area contributed by atoms with Crippen LogP contribution < -0.4 is 15.7 Å². The maximum Gasteiger partial charge on any atom is 0.187 e. The summed E-state index contributed by atoms with van der Waals surface area (Å²) in [5.41, 5.74) is 5.79. The fraction of sp³-hybridized carbons (Fsp3) is 0.250. The zero-order valence-electron chi connectivity index (χ0n) is 10.1. The molecule has 0 aliphatic carbocycles. The molecule has 6 heteroatoms. The molecule has 94 valence electrons. The van der Waals surface area contributed by atoms with E-state index in [4.69, 9.17) is 4.74 Å². The van der Waals surface area contributed by atoms with Crippen LogP contribution >= 0.6 is 0 Å². The van der Waals surface area contributed by atoms with Crippen LogP contribution in [0, 0.1) is 0 Å². The van der Waals surface area contributed by atoms with Crippen molar-refractivity contribution in [3.8, 4) is 5.75 Å². The van der Waals surface area contributed by atoms with Gasteiger partial charge in [-0.1, -0.05) is 0 Å². The molecule has 0 saturated carbocycles. The molecular formula is C12H13N3O3. The van der Waals surface area contributed by atoms with Crippen LogP contribution in [0.15, 0.2) is 29.4 Å². The summed E-state index contributed by atoms with van der Waals surface area (Å²) in [6.07, 6.45) is 0. The highest BCUT2D eigenvalue weighted by atomic mass is 16.5. The van der Waals surface area contributed by atoms with E-state index in [9.17, 15) is 9.59 Å². The monoisotopic (exact) mass is 247 g/mol. The van der Waals surface area contributed by atoms with Crippen LogP contribution in [-0.4, -0.2) is 30.4 Å². The van der Waals surface area contributed by atoms with Gasteiger partial charge >= 0.3 is 0 Å². The van der Waals surface area contributed by atoms with Gasteiger partial charge in [0.25, 0.3) is 0 Å². The first-order chi connectivity index (χ1) is 8.63. The minimum atomic E-state index is -0.740. The highest BCUT2D eigenvalue weighted by Gasteiger charge is 2.31. The second-order valence-corrected chi connectivity index (χ2v) is 3.84. The van der Waals surface area contributed by atoms with Crippen LogP contribution in [0.25, 0.3) is 0 Å². The molecule has 2 N–H and O–H groups in total. The number of ketones is 2. The average molecular weight is 247 g/mol. The smallest absolute Gasteiger partial charge is 0.187 e. The number of hydrogen-bond acceptors (Lipinski definition) is 6. The molecular weight excluding hydrogens is 234 g/mol. The van der Waals surface area contributed by atoms with Gasteiger partial charge in [-0.25, -0.2) is 11.0 Å². The summed E-state index contributed by atoms with van der Waals surface area (Å²) in [4.78, 5) is 23.5. The maximum absolute atomic E-state index is 12.2. The van der Waals surface area contributed by atoms with Gasteiger partial charge < -0.3 is 4.74 Å². The van der Waals surface area contributed by atoms with Crippen molar-refractivity contribution in [3.05, 3.63) is 29.8 Å². The zero-order valence-corrected chi connectivity index (χ0v) is 10.1. The molecule has 6 nitrogen and oxygen atoms in total. The third-order valence-electron chi connectivity index (χ3n) is 2.66. The molecule has 0 amide bonds. The minimum absolute atomic E-state index is 0.191. The number of hydrazine groups is 1. The Morgan fingerprint density at radius 2 is 1.94 bits per heavy atom. The van der Waals surface area contributed by atoms with Gasteiger partial charge in [-0.15, -0.1) is 0 Å². The van der Waals surface area contributed by atoms with Crippen molar-refractivity contribution in [1.82, 2.24) is 11.0 Å². The van der Waals surface area contributed by atoms with Gasteiger partial charge in [0.2, 0.25) is 0 Å². The second kappa shape index (κ2) is 4.97. The van der Waals surface area contributed by atoms with E-state index in [0.29, 0.717) is 11.3 Å². The summed E-state index contributed by atoms with van der Waals surface area (Å²) >= 11 is 0. The van der Waals surface area contributed by atoms with Gasteiger partial charge in [0.1, 0.15) is 17.5 Å². The largest absolute Gasteiger partial charge is 0.497 e. The topological polar surface area (TPSA) is 79.8 Å². The molecule has 18 heavy (non-hydrogen) atoms. The van der Waals surface area contributed by atoms with Crippen LogP contribution in [0.5, 0.6) is 5.75 Å². The molecule has 1 aliphatic heterocycles. The number of nitrogens with zero attached hydrogens (tertiary/aromatic N) is 1. The molecule has 0 bridgehead atoms. The van der Waals surface area contributed by atoms with Crippen LogP contribution in [0.1, 0.15) is 17.3 Å². The Kier molecular flexibility index (Phi) is 3.38. The molecule has 0 spiro atoms. The molecule has 1 atom stereocenters. The Morgan fingerprint density at radius 1 is 1.28 bits per heavy atom. The van der Waals surface area contributed by atoms with Crippen LogP contribution in [-0.2, 0) is 4.79 Å². The third-order valence-corrected chi connectivity index (χ3v) is 2.66. The Morgan fingerprint density at radius 3 is 2.50 bits per heavy atom. The van der Waals surface area contributed by atoms with Crippen LogP contribution in [0.3, 0.4) is 0 Å². The highest BCUT2D eigenvalue weighted by molar-refractivity contribution is 6.46.